The summed E-state index contributed by atoms with van der Waals surface area (Å²) < 4.78 is 58.2. The number of benzene rings is 1. The van der Waals surface area contributed by atoms with Crippen LogP contribution in [0.3, 0.4) is 0 Å². The van der Waals surface area contributed by atoms with E-state index >= 15 is 0 Å². The Bertz CT molecular complexity index is 907. The van der Waals surface area contributed by atoms with Crippen LogP contribution in [0.4, 0.5) is 5.69 Å². The average Bonchev–Trinajstić information content (AvgIpc) is 2.70. The van der Waals surface area contributed by atoms with E-state index in [1.807, 2.05) is 6.92 Å². The predicted octanol–water partition coefficient (Wildman–Crippen LogP) is 1.48. The highest BCUT2D eigenvalue weighted by molar-refractivity contribution is 7.94. The molecule has 1 heterocycles. The fraction of sp³-hybridized carbons (Fsp3) is 0.562. The van der Waals surface area contributed by atoms with Crippen molar-refractivity contribution in [3.05, 3.63) is 18.2 Å². The highest BCUT2D eigenvalue weighted by Gasteiger charge is 2.50. The first-order valence-electron chi connectivity index (χ1n) is 8.21. The van der Waals surface area contributed by atoms with Crippen molar-refractivity contribution in [2.75, 3.05) is 23.7 Å². The van der Waals surface area contributed by atoms with Crippen molar-refractivity contribution in [2.24, 2.45) is 5.41 Å². The molecule has 1 saturated heterocycles. The Morgan fingerprint density at radius 1 is 1.31 bits per heavy atom. The Kier molecular flexibility index (Phi) is 5.69. The van der Waals surface area contributed by atoms with Crippen LogP contribution in [0, 0.1) is 5.41 Å². The van der Waals surface area contributed by atoms with Crippen LogP contribution in [0.15, 0.2) is 23.1 Å². The molecule has 2 rings (SSSR count). The van der Waals surface area contributed by atoms with Gasteiger partial charge >= 0.3 is 0 Å². The second kappa shape index (κ2) is 7.16. The average molecular weight is 405 g/mol. The standard InChI is InChI=1S/C16H24N2O6S2/c1-5-6-9-17-26(22,23)14-10-12(7-8-13(14)24-4)18-15(19)16(2,3)11-25(18,20)21/h7-8,10,17H,5-6,9,11H2,1-4H3. The van der Waals surface area contributed by atoms with Crippen LogP contribution >= 0.6 is 0 Å². The summed E-state index contributed by atoms with van der Waals surface area (Å²) in [6.45, 7) is 5.27. The van der Waals surface area contributed by atoms with E-state index in [9.17, 15) is 21.6 Å². The molecule has 0 aromatic heterocycles. The van der Waals surface area contributed by atoms with Crippen molar-refractivity contribution in [3.63, 3.8) is 0 Å². The van der Waals surface area contributed by atoms with E-state index in [2.05, 4.69) is 4.72 Å². The van der Waals surface area contributed by atoms with E-state index < -0.39 is 31.4 Å². The molecule has 1 amide bonds. The zero-order valence-electron chi connectivity index (χ0n) is 15.3. The monoisotopic (exact) mass is 404 g/mol. The number of carbonyl (C=O) groups excluding carboxylic acids is 1. The SMILES string of the molecule is CCCCNS(=O)(=O)c1cc(N2C(=O)C(C)(C)CS2(=O)=O)ccc1OC. The zero-order valence-corrected chi connectivity index (χ0v) is 16.9. The number of sulfonamides is 2. The molecule has 10 heteroatoms. The van der Waals surface area contributed by atoms with Gasteiger partial charge in [0.1, 0.15) is 10.6 Å². The van der Waals surface area contributed by atoms with E-state index in [-0.39, 0.29) is 28.6 Å². The third kappa shape index (κ3) is 3.86. The predicted molar refractivity (Wildman–Crippen MR) is 98.1 cm³/mol. The topological polar surface area (TPSA) is 110 Å². The minimum atomic E-state index is -3.92. The molecule has 0 unspecified atom stereocenters. The second-order valence-electron chi connectivity index (χ2n) is 6.80. The number of carbonyl (C=O) groups is 1. The first kappa shape index (κ1) is 20.7. The van der Waals surface area contributed by atoms with Gasteiger partial charge in [0.2, 0.25) is 26.0 Å². The highest BCUT2D eigenvalue weighted by Crippen LogP contribution is 2.38. The van der Waals surface area contributed by atoms with Gasteiger partial charge in [-0.25, -0.2) is 25.9 Å². The maximum atomic E-state index is 12.6. The minimum absolute atomic E-state index is 0.0164. The van der Waals surface area contributed by atoms with E-state index in [4.69, 9.17) is 4.74 Å². The number of methoxy groups -OCH3 is 1. The molecule has 1 N–H and O–H groups in total. The van der Waals surface area contributed by atoms with Crippen LogP contribution in [-0.2, 0) is 24.8 Å². The molecule has 8 nitrogen and oxygen atoms in total. The summed E-state index contributed by atoms with van der Waals surface area (Å²) in [4.78, 5) is 12.3. The summed E-state index contributed by atoms with van der Waals surface area (Å²) in [5.41, 5.74) is -1.09. The van der Waals surface area contributed by atoms with Crippen molar-refractivity contribution in [1.29, 1.82) is 0 Å². The number of nitrogens with zero attached hydrogens (tertiary/aromatic N) is 1. The summed E-state index contributed by atoms with van der Waals surface area (Å²) in [6.07, 6.45) is 1.48. The van der Waals surface area contributed by atoms with Gasteiger partial charge in [-0.05, 0) is 38.5 Å². The Labute approximate surface area is 154 Å². The number of hydrogen-bond donors (Lipinski definition) is 1. The Balaban J connectivity index is 2.53. The van der Waals surface area contributed by atoms with Gasteiger partial charge in [-0.3, -0.25) is 4.79 Å². The molecule has 26 heavy (non-hydrogen) atoms. The molecule has 0 bridgehead atoms. The van der Waals surface area contributed by atoms with Crippen molar-refractivity contribution >= 4 is 31.6 Å². The molecular formula is C16H24N2O6S2. The zero-order chi connectivity index (χ0) is 19.8. The molecule has 1 aromatic rings. The molecule has 0 aliphatic carbocycles. The third-order valence-corrected chi connectivity index (χ3v) is 7.58. The maximum Gasteiger partial charge on any atom is 0.247 e. The maximum absolute atomic E-state index is 12.6. The Morgan fingerprint density at radius 3 is 2.46 bits per heavy atom. The largest absolute Gasteiger partial charge is 0.495 e. The lowest BCUT2D eigenvalue weighted by molar-refractivity contribution is -0.123. The van der Waals surface area contributed by atoms with Crippen LogP contribution in [0.25, 0.3) is 0 Å². The van der Waals surface area contributed by atoms with Crippen molar-refractivity contribution < 1.29 is 26.4 Å². The molecule has 0 radical (unpaired) electrons. The van der Waals surface area contributed by atoms with Gasteiger partial charge in [0, 0.05) is 6.54 Å². The van der Waals surface area contributed by atoms with Crippen LogP contribution in [0.2, 0.25) is 0 Å². The number of anilines is 1. The summed E-state index contributed by atoms with van der Waals surface area (Å²) in [5, 5.41) is 0. The second-order valence-corrected chi connectivity index (χ2v) is 10.3. The molecule has 0 atom stereocenters. The van der Waals surface area contributed by atoms with Gasteiger partial charge in [-0.15, -0.1) is 0 Å². The van der Waals surface area contributed by atoms with Gasteiger partial charge in [0.15, 0.2) is 0 Å². The van der Waals surface area contributed by atoms with Gasteiger partial charge in [0.05, 0.1) is 24.0 Å². The first-order valence-corrected chi connectivity index (χ1v) is 11.3. The summed E-state index contributed by atoms with van der Waals surface area (Å²) >= 11 is 0. The normalized spacial score (nSPS) is 18.9. The molecule has 1 aliphatic rings. The number of amides is 1. The van der Waals surface area contributed by atoms with Crippen molar-refractivity contribution in [2.45, 2.75) is 38.5 Å². The van der Waals surface area contributed by atoms with Crippen LogP contribution in [0.5, 0.6) is 5.75 Å². The number of rotatable bonds is 7. The van der Waals surface area contributed by atoms with E-state index in [0.717, 1.165) is 12.5 Å². The molecular weight excluding hydrogens is 380 g/mol. The summed E-state index contributed by atoms with van der Waals surface area (Å²) in [5.74, 6) is -0.854. The number of unbranched alkanes of at least 4 members (excludes halogenated alkanes) is 1. The van der Waals surface area contributed by atoms with Crippen molar-refractivity contribution in [1.82, 2.24) is 4.72 Å². The number of hydrogen-bond acceptors (Lipinski definition) is 6. The quantitative estimate of drug-likeness (QED) is 0.689. The van der Waals surface area contributed by atoms with E-state index in [0.29, 0.717) is 10.7 Å². The minimum Gasteiger partial charge on any atom is -0.495 e. The smallest absolute Gasteiger partial charge is 0.247 e. The van der Waals surface area contributed by atoms with Crippen molar-refractivity contribution in [3.8, 4) is 5.75 Å². The molecule has 1 fully saturated rings. The van der Waals surface area contributed by atoms with Crippen LogP contribution in [0.1, 0.15) is 33.6 Å². The summed E-state index contributed by atoms with van der Waals surface area (Å²) in [6, 6.07) is 3.86. The van der Waals surface area contributed by atoms with Gasteiger partial charge in [-0.1, -0.05) is 13.3 Å². The Morgan fingerprint density at radius 2 is 1.96 bits per heavy atom. The third-order valence-electron chi connectivity index (χ3n) is 4.08. The van der Waals surface area contributed by atoms with Crippen LogP contribution in [-0.4, -0.2) is 42.2 Å². The fourth-order valence-corrected chi connectivity index (χ4v) is 6.08. The lowest BCUT2D eigenvalue weighted by atomic mass is 9.95. The molecule has 1 aromatic carbocycles. The highest BCUT2D eigenvalue weighted by atomic mass is 32.2. The first-order chi connectivity index (χ1) is 12.0. The van der Waals surface area contributed by atoms with E-state index in [1.54, 1.807) is 13.8 Å². The van der Waals surface area contributed by atoms with Gasteiger partial charge < -0.3 is 4.74 Å². The van der Waals surface area contributed by atoms with Gasteiger partial charge in [0.25, 0.3) is 0 Å². The lowest BCUT2D eigenvalue weighted by Crippen LogP contribution is -2.33. The van der Waals surface area contributed by atoms with Gasteiger partial charge in [-0.2, -0.15) is 0 Å². The fourth-order valence-electron chi connectivity index (χ4n) is 2.72. The molecule has 146 valence electrons. The molecule has 1 aliphatic heterocycles. The van der Waals surface area contributed by atoms with E-state index in [1.165, 1.54) is 19.2 Å². The molecule has 0 spiro atoms. The lowest BCUT2D eigenvalue weighted by Gasteiger charge is -2.19. The molecule has 0 saturated carbocycles. The number of ether oxygens (including phenoxy) is 1. The summed E-state index contributed by atoms with van der Waals surface area (Å²) in [7, 11) is -6.47. The number of nitrogens with one attached hydrogen (secondary N) is 1. The van der Waals surface area contributed by atoms with Crippen LogP contribution < -0.4 is 13.8 Å². The Hall–Kier alpha value is -1.65.